The summed E-state index contributed by atoms with van der Waals surface area (Å²) in [5, 5.41) is 12.4. The third kappa shape index (κ3) is 5.63. The topological polar surface area (TPSA) is 105 Å². The van der Waals surface area contributed by atoms with Crippen molar-refractivity contribution in [1.29, 1.82) is 0 Å². The molecule has 20 heavy (non-hydrogen) atoms. The van der Waals surface area contributed by atoms with E-state index in [1.807, 2.05) is 5.32 Å². The third-order valence-corrected chi connectivity index (χ3v) is 2.13. The third-order valence-electron chi connectivity index (χ3n) is 1.89. The number of benzene rings is 1. The van der Waals surface area contributed by atoms with E-state index in [-0.39, 0.29) is 10.7 Å². The van der Waals surface area contributed by atoms with Crippen LogP contribution >= 0.6 is 11.6 Å². The fraction of sp³-hybridized carbons (Fsp3) is 0.182. The summed E-state index contributed by atoms with van der Waals surface area (Å²) in [7, 11) is 0. The van der Waals surface area contributed by atoms with E-state index in [0.29, 0.717) is 0 Å². The Morgan fingerprint density at radius 3 is 2.60 bits per heavy atom. The maximum atomic E-state index is 13.3. The van der Waals surface area contributed by atoms with E-state index >= 15 is 0 Å². The number of carbonyl (C=O) groups is 3. The van der Waals surface area contributed by atoms with Crippen molar-refractivity contribution in [3.63, 3.8) is 0 Å². The Labute approximate surface area is 117 Å². The lowest BCUT2D eigenvalue weighted by atomic mass is 10.3. The average Bonchev–Trinajstić information content (AvgIpc) is 2.32. The van der Waals surface area contributed by atoms with Gasteiger partial charge in [-0.25, -0.2) is 14.0 Å². The fourth-order valence-electron chi connectivity index (χ4n) is 1.14. The molecule has 0 saturated heterocycles. The van der Waals surface area contributed by atoms with Gasteiger partial charge in [0, 0.05) is 5.02 Å². The predicted octanol–water partition coefficient (Wildman–Crippen LogP) is 1.23. The van der Waals surface area contributed by atoms with Gasteiger partial charge in [-0.3, -0.25) is 10.1 Å². The second-order valence-electron chi connectivity index (χ2n) is 3.51. The van der Waals surface area contributed by atoms with Crippen LogP contribution in [0.4, 0.5) is 14.9 Å². The lowest BCUT2D eigenvalue weighted by Gasteiger charge is -2.07. The number of rotatable bonds is 5. The summed E-state index contributed by atoms with van der Waals surface area (Å²) in [5.74, 6) is -2.87. The van der Waals surface area contributed by atoms with Crippen LogP contribution in [0, 0.1) is 5.82 Å². The van der Waals surface area contributed by atoms with Crippen LogP contribution in [0.15, 0.2) is 18.2 Å². The Kier molecular flexibility index (Phi) is 5.88. The van der Waals surface area contributed by atoms with Crippen molar-refractivity contribution in [1.82, 2.24) is 5.32 Å². The Morgan fingerprint density at radius 2 is 2.00 bits per heavy atom. The molecule has 0 unspecified atom stereocenters. The average molecular weight is 305 g/mol. The molecular formula is C11H10ClFN2O5. The highest BCUT2D eigenvalue weighted by molar-refractivity contribution is 6.30. The number of amides is 3. The molecule has 0 spiro atoms. The zero-order valence-electron chi connectivity index (χ0n) is 9.98. The number of ether oxygens (including phenoxy) is 1. The molecule has 3 N–H and O–H groups in total. The molecule has 0 aromatic heterocycles. The first-order valence-corrected chi connectivity index (χ1v) is 5.61. The Hall–Kier alpha value is -2.19. The van der Waals surface area contributed by atoms with E-state index in [0.717, 1.165) is 6.07 Å². The summed E-state index contributed by atoms with van der Waals surface area (Å²) in [6.07, 6.45) is 0. The minimum Gasteiger partial charge on any atom is -0.480 e. The summed E-state index contributed by atoms with van der Waals surface area (Å²) in [5.41, 5.74) is -0.161. The minimum absolute atomic E-state index is 0.159. The van der Waals surface area contributed by atoms with E-state index in [1.54, 1.807) is 0 Å². The van der Waals surface area contributed by atoms with Crippen molar-refractivity contribution >= 4 is 35.2 Å². The number of halogens is 2. The zero-order valence-corrected chi connectivity index (χ0v) is 10.7. The number of hydrogen-bond acceptors (Lipinski definition) is 4. The smallest absolute Gasteiger partial charge is 0.329 e. The number of nitrogens with one attached hydrogen (secondary N) is 2. The van der Waals surface area contributed by atoms with Crippen molar-refractivity contribution < 1.29 is 28.6 Å². The fourth-order valence-corrected chi connectivity index (χ4v) is 1.30. The molecule has 0 saturated carbocycles. The van der Waals surface area contributed by atoms with Crippen molar-refractivity contribution in [2.24, 2.45) is 0 Å². The summed E-state index contributed by atoms with van der Waals surface area (Å²) >= 11 is 5.53. The van der Waals surface area contributed by atoms with Crippen LogP contribution in [0.5, 0.6) is 0 Å². The molecule has 7 nitrogen and oxygen atoms in total. The van der Waals surface area contributed by atoms with E-state index in [4.69, 9.17) is 16.7 Å². The van der Waals surface area contributed by atoms with Crippen molar-refractivity contribution in [2.45, 2.75) is 0 Å². The Bertz CT molecular complexity index is 538. The molecule has 0 bridgehead atoms. The van der Waals surface area contributed by atoms with Gasteiger partial charge < -0.3 is 15.2 Å². The summed E-state index contributed by atoms with van der Waals surface area (Å²) in [6, 6.07) is 2.60. The van der Waals surface area contributed by atoms with Gasteiger partial charge >= 0.3 is 12.0 Å². The van der Waals surface area contributed by atoms with Gasteiger partial charge in [-0.2, -0.15) is 0 Å². The van der Waals surface area contributed by atoms with Crippen LogP contribution in [-0.4, -0.2) is 36.2 Å². The van der Waals surface area contributed by atoms with Gasteiger partial charge in [-0.1, -0.05) is 11.6 Å². The minimum atomic E-state index is -1.24. The van der Waals surface area contributed by atoms with Gasteiger partial charge in [0.2, 0.25) is 0 Å². The molecule has 0 aliphatic carbocycles. The molecule has 108 valence electrons. The highest BCUT2D eigenvalue weighted by atomic mass is 35.5. The molecule has 1 aromatic rings. The Balaban J connectivity index is 2.43. The molecule has 0 aliphatic heterocycles. The number of aliphatic carboxylic acids is 1. The lowest BCUT2D eigenvalue weighted by Crippen LogP contribution is -2.37. The maximum Gasteiger partial charge on any atom is 0.329 e. The second-order valence-corrected chi connectivity index (χ2v) is 3.95. The number of anilines is 1. The number of hydrogen-bond donors (Lipinski definition) is 3. The molecule has 9 heteroatoms. The quantitative estimate of drug-likeness (QED) is 0.759. The van der Waals surface area contributed by atoms with Gasteiger partial charge in [0.1, 0.15) is 19.0 Å². The molecule has 0 fully saturated rings. The van der Waals surface area contributed by atoms with Crippen LogP contribution in [-0.2, 0) is 14.3 Å². The van der Waals surface area contributed by atoms with Crippen LogP contribution in [0.3, 0.4) is 0 Å². The lowest BCUT2D eigenvalue weighted by molar-refractivity contribution is -0.143. The monoisotopic (exact) mass is 304 g/mol. The SMILES string of the molecule is O=C(O)COCC(=O)NC(=O)Nc1ccc(Cl)cc1F. The van der Waals surface area contributed by atoms with Gasteiger partial charge in [0.15, 0.2) is 0 Å². The van der Waals surface area contributed by atoms with Gasteiger partial charge in [0.05, 0.1) is 5.69 Å². The molecule has 1 rings (SSSR count). The molecule has 0 heterocycles. The summed E-state index contributed by atoms with van der Waals surface area (Å²) < 4.78 is 17.8. The number of carboxylic acid groups (broad SMARTS) is 1. The first-order chi connectivity index (χ1) is 9.38. The summed E-state index contributed by atoms with van der Waals surface area (Å²) in [6.45, 7) is -1.27. The van der Waals surface area contributed by atoms with Crippen LogP contribution in [0.1, 0.15) is 0 Å². The van der Waals surface area contributed by atoms with Crippen LogP contribution in [0.2, 0.25) is 5.02 Å². The van der Waals surface area contributed by atoms with Crippen molar-refractivity contribution in [3.05, 3.63) is 29.0 Å². The van der Waals surface area contributed by atoms with Gasteiger partial charge in [-0.15, -0.1) is 0 Å². The van der Waals surface area contributed by atoms with E-state index < -0.39 is 36.9 Å². The molecule has 1 aromatic carbocycles. The van der Waals surface area contributed by atoms with Crippen LogP contribution in [0.25, 0.3) is 0 Å². The van der Waals surface area contributed by atoms with Gasteiger partial charge in [0.25, 0.3) is 5.91 Å². The largest absolute Gasteiger partial charge is 0.480 e. The van der Waals surface area contributed by atoms with E-state index in [1.165, 1.54) is 12.1 Å². The highest BCUT2D eigenvalue weighted by Gasteiger charge is 2.11. The Morgan fingerprint density at radius 1 is 1.30 bits per heavy atom. The first-order valence-electron chi connectivity index (χ1n) is 5.24. The van der Waals surface area contributed by atoms with Gasteiger partial charge in [-0.05, 0) is 18.2 Å². The number of imide groups is 1. The predicted molar refractivity (Wildman–Crippen MR) is 67.0 cm³/mol. The number of carboxylic acids is 1. The molecule has 0 aliphatic rings. The number of urea groups is 1. The molecule has 0 radical (unpaired) electrons. The maximum absolute atomic E-state index is 13.3. The molecule has 0 atom stereocenters. The second kappa shape index (κ2) is 7.41. The normalized spacial score (nSPS) is 9.90. The highest BCUT2D eigenvalue weighted by Crippen LogP contribution is 2.18. The zero-order chi connectivity index (χ0) is 15.1. The standard InChI is InChI=1S/C11H10ClFN2O5/c12-6-1-2-8(7(13)3-6)14-11(19)15-9(16)4-20-5-10(17)18/h1-3H,4-5H2,(H,17,18)(H2,14,15,16,19). The number of carbonyl (C=O) groups excluding carboxylic acids is 2. The molecular weight excluding hydrogens is 295 g/mol. The van der Waals surface area contributed by atoms with Crippen LogP contribution < -0.4 is 10.6 Å². The van der Waals surface area contributed by atoms with Crippen molar-refractivity contribution in [3.8, 4) is 0 Å². The first kappa shape index (κ1) is 15.9. The summed E-state index contributed by atoms with van der Waals surface area (Å²) in [4.78, 5) is 32.6. The molecule has 3 amide bonds. The van der Waals surface area contributed by atoms with Crippen molar-refractivity contribution in [2.75, 3.05) is 18.5 Å². The van der Waals surface area contributed by atoms with E-state index in [9.17, 15) is 18.8 Å². The van der Waals surface area contributed by atoms with E-state index in [2.05, 4.69) is 10.1 Å².